The molecule has 0 saturated heterocycles. The van der Waals surface area contributed by atoms with Gasteiger partial charge < -0.3 is 9.64 Å². The van der Waals surface area contributed by atoms with E-state index in [4.69, 9.17) is 0 Å². The first kappa shape index (κ1) is 13.1. The summed E-state index contributed by atoms with van der Waals surface area (Å²) in [5.74, 6) is -0.205. The number of methoxy groups -OCH3 is 1. The summed E-state index contributed by atoms with van der Waals surface area (Å²) in [6.45, 7) is 3.99. The molecular weight excluding hydrogens is 224 g/mol. The standard InChI is InChI=1S/C10H16N4O3/c1-4-5-14(6-8(15)17-3)10(16)9-11-7(2)12-13-9/h4-6H2,1-3H3,(H,11,12,13). The zero-order valence-electron chi connectivity index (χ0n) is 10.2. The molecule has 0 fully saturated rings. The Labute approximate surface area is 99.2 Å². The predicted octanol–water partition coefficient (Wildman–Crippen LogP) is 0.138. The number of carbonyl (C=O) groups excluding carboxylic acids is 2. The normalized spacial score (nSPS) is 10.1. The van der Waals surface area contributed by atoms with E-state index in [0.717, 1.165) is 6.42 Å². The minimum Gasteiger partial charge on any atom is -0.468 e. The minimum absolute atomic E-state index is 0.0693. The lowest BCUT2D eigenvalue weighted by atomic mass is 10.3. The van der Waals surface area contributed by atoms with Gasteiger partial charge in [-0.05, 0) is 13.3 Å². The maximum atomic E-state index is 12.0. The molecule has 17 heavy (non-hydrogen) atoms. The summed E-state index contributed by atoms with van der Waals surface area (Å²) in [5.41, 5.74) is 0. The predicted molar refractivity (Wildman–Crippen MR) is 59.3 cm³/mol. The Kier molecular flexibility index (Phi) is 4.62. The van der Waals surface area contributed by atoms with E-state index < -0.39 is 5.97 Å². The van der Waals surface area contributed by atoms with Crippen molar-refractivity contribution in [3.05, 3.63) is 11.6 Å². The lowest BCUT2D eigenvalue weighted by Gasteiger charge is -2.18. The summed E-state index contributed by atoms with van der Waals surface area (Å²) in [6, 6.07) is 0. The highest BCUT2D eigenvalue weighted by Crippen LogP contribution is 2.01. The summed E-state index contributed by atoms with van der Waals surface area (Å²) in [7, 11) is 1.29. The number of H-pyrrole nitrogens is 1. The number of carbonyl (C=O) groups is 2. The van der Waals surface area contributed by atoms with Crippen LogP contribution < -0.4 is 0 Å². The van der Waals surface area contributed by atoms with E-state index in [-0.39, 0.29) is 18.3 Å². The number of ether oxygens (including phenoxy) is 1. The maximum Gasteiger partial charge on any atom is 0.325 e. The summed E-state index contributed by atoms with van der Waals surface area (Å²) >= 11 is 0. The van der Waals surface area contributed by atoms with Crippen molar-refractivity contribution in [2.75, 3.05) is 20.2 Å². The number of aryl methyl sites for hydroxylation is 1. The molecular formula is C10H16N4O3. The molecule has 0 atom stereocenters. The zero-order chi connectivity index (χ0) is 12.8. The average molecular weight is 240 g/mol. The lowest BCUT2D eigenvalue weighted by Crippen LogP contribution is -2.37. The number of aromatic amines is 1. The Morgan fingerprint density at radius 3 is 2.65 bits per heavy atom. The molecule has 7 heteroatoms. The fraction of sp³-hybridized carbons (Fsp3) is 0.600. The van der Waals surface area contributed by atoms with Crippen LogP contribution in [0.15, 0.2) is 0 Å². The van der Waals surface area contributed by atoms with E-state index in [0.29, 0.717) is 12.4 Å². The third-order valence-corrected chi connectivity index (χ3v) is 2.12. The monoisotopic (exact) mass is 240 g/mol. The molecule has 0 radical (unpaired) electrons. The van der Waals surface area contributed by atoms with Gasteiger partial charge in [0.05, 0.1) is 7.11 Å². The van der Waals surface area contributed by atoms with E-state index in [2.05, 4.69) is 19.9 Å². The summed E-state index contributed by atoms with van der Waals surface area (Å²) in [5, 5.41) is 6.36. The molecule has 0 aromatic carbocycles. The van der Waals surface area contributed by atoms with Gasteiger partial charge in [0.1, 0.15) is 12.4 Å². The van der Waals surface area contributed by atoms with Crippen molar-refractivity contribution in [2.24, 2.45) is 0 Å². The molecule has 0 spiro atoms. The quantitative estimate of drug-likeness (QED) is 0.739. The van der Waals surface area contributed by atoms with Gasteiger partial charge in [-0.15, -0.1) is 5.10 Å². The van der Waals surface area contributed by atoms with E-state index in [1.165, 1.54) is 12.0 Å². The first-order chi connectivity index (χ1) is 8.08. The molecule has 0 aliphatic carbocycles. The van der Waals surface area contributed by atoms with E-state index in [1.807, 2.05) is 6.92 Å². The van der Waals surface area contributed by atoms with Gasteiger partial charge in [-0.2, -0.15) is 0 Å². The van der Waals surface area contributed by atoms with Crippen LogP contribution in [0, 0.1) is 6.92 Å². The van der Waals surface area contributed by atoms with Gasteiger partial charge >= 0.3 is 5.97 Å². The van der Waals surface area contributed by atoms with Crippen molar-refractivity contribution in [3.8, 4) is 0 Å². The van der Waals surface area contributed by atoms with Crippen LogP contribution in [0.1, 0.15) is 29.8 Å². The molecule has 7 nitrogen and oxygen atoms in total. The van der Waals surface area contributed by atoms with Gasteiger partial charge in [0.25, 0.3) is 5.91 Å². The van der Waals surface area contributed by atoms with Gasteiger partial charge in [-0.3, -0.25) is 14.7 Å². The van der Waals surface area contributed by atoms with Gasteiger partial charge in [0.2, 0.25) is 5.82 Å². The molecule has 0 bridgehead atoms. The number of aromatic nitrogens is 3. The summed E-state index contributed by atoms with van der Waals surface area (Å²) in [6.07, 6.45) is 0.742. The van der Waals surface area contributed by atoms with Crippen molar-refractivity contribution >= 4 is 11.9 Å². The van der Waals surface area contributed by atoms with Crippen LogP contribution in [0.4, 0.5) is 0 Å². The number of esters is 1. The minimum atomic E-state index is -0.459. The smallest absolute Gasteiger partial charge is 0.325 e. The number of amides is 1. The Bertz CT molecular complexity index is 402. The second kappa shape index (κ2) is 5.97. The highest BCUT2D eigenvalue weighted by Gasteiger charge is 2.21. The molecule has 94 valence electrons. The van der Waals surface area contributed by atoms with Crippen molar-refractivity contribution in [1.29, 1.82) is 0 Å². The van der Waals surface area contributed by atoms with Gasteiger partial charge in [-0.25, -0.2) is 4.98 Å². The fourth-order valence-corrected chi connectivity index (χ4v) is 1.32. The SMILES string of the molecule is CCCN(CC(=O)OC)C(=O)c1n[nH]c(C)n1. The first-order valence-corrected chi connectivity index (χ1v) is 5.33. The number of hydrogen-bond acceptors (Lipinski definition) is 5. The van der Waals surface area contributed by atoms with E-state index in [9.17, 15) is 9.59 Å². The van der Waals surface area contributed by atoms with Crippen LogP contribution in [-0.4, -0.2) is 52.2 Å². The molecule has 0 unspecified atom stereocenters. The number of nitrogens with one attached hydrogen (secondary N) is 1. The first-order valence-electron chi connectivity index (χ1n) is 5.33. The highest BCUT2D eigenvalue weighted by molar-refractivity contribution is 5.92. The van der Waals surface area contributed by atoms with Crippen molar-refractivity contribution in [2.45, 2.75) is 20.3 Å². The van der Waals surface area contributed by atoms with Crippen LogP contribution in [0.2, 0.25) is 0 Å². The molecule has 1 amide bonds. The van der Waals surface area contributed by atoms with Crippen LogP contribution in [0.3, 0.4) is 0 Å². The van der Waals surface area contributed by atoms with Gasteiger partial charge in [0, 0.05) is 6.54 Å². The number of rotatable bonds is 5. The topological polar surface area (TPSA) is 88.2 Å². The van der Waals surface area contributed by atoms with Crippen molar-refractivity contribution < 1.29 is 14.3 Å². The molecule has 0 aliphatic heterocycles. The van der Waals surface area contributed by atoms with E-state index in [1.54, 1.807) is 6.92 Å². The molecule has 0 aliphatic rings. The lowest BCUT2D eigenvalue weighted by molar-refractivity contribution is -0.141. The van der Waals surface area contributed by atoms with Crippen molar-refractivity contribution in [3.63, 3.8) is 0 Å². The Hall–Kier alpha value is -1.92. The van der Waals surface area contributed by atoms with Crippen LogP contribution in [-0.2, 0) is 9.53 Å². The summed E-state index contributed by atoms with van der Waals surface area (Å²) < 4.78 is 4.54. The highest BCUT2D eigenvalue weighted by atomic mass is 16.5. The second-order valence-electron chi connectivity index (χ2n) is 3.55. The third-order valence-electron chi connectivity index (χ3n) is 2.12. The molecule has 1 aromatic rings. The third kappa shape index (κ3) is 3.54. The zero-order valence-corrected chi connectivity index (χ0v) is 10.2. The van der Waals surface area contributed by atoms with Gasteiger partial charge in [0.15, 0.2) is 0 Å². The number of hydrogen-bond donors (Lipinski definition) is 1. The number of nitrogens with zero attached hydrogens (tertiary/aromatic N) is 3. The summed E-state index contributed by atoms with van der Waals surface area (Å²) in [4.78, 5) is 28.5. The van der Waals surface area contributed by atoms with Crippen molar-refractivity contribution in [1.82, 2.24) is 20.1 Å². The Balaban J connectivity index is 2.76. The molecule has 1 aromatic heterocycles. The molecule has 0 saturated carbocycles. The second-order valence-corrected chi connectivity index (χ2v) is 3.55. The largest absolute Gasteiger partial charge is 0.468 e. The van der Waals surface area contributed by atoms with Crippen LogP contribution >= 0.6 is 0 Å². The van der Waals surface area contributed by atoms with Crippen LogP contribution in [0.5, 0.6) is 0 Å². The molecule has 1 heterocycles. The Morgan fingerprint density at radius 2 is 2.18 bits per heavy atom. The van der Waals surface area contributed by atoms with Crippen LogP contribution in [0.25, 0.3) is 0 Å². The maximum absolute atomic E-state index is 12.0. The van der Waals surface area contributed by atoms with Gasteiger partial charge in [-0.1, -0.05) is 6.92 Å². The average Bonchev–Trinajstić information content (AvgIpc) is 2.74. The Morgan fingerprint density at radius 1 is 1.47 bits per heavy atom. The fourth-order valence-electron chi connectivity index (χ4n) is 1.32. The molecule has 1 rings (SSSR count). The molecule has 1 N–H and O–H groups in total. The van der Waals surface area contributed by atoms with E-state index >= 15 is 0 Å².